The molecule has 0 rings (SSSR count). The predicted octanol–water partition coefficient (Wildman–Crippen LogP) is 11.2. The van der Waals surface area contributed by atoms with Gasteiger partial charge in [-0.05, 0) is 57.8 Å². The third kappa shape index (κ3) is 34.0. The molecular formula is C41H66O6. The number of rotatable bonds is 31. The minimum atomic E-state index is -0.805. The number of allylic oxidation sites excluding steroid dienone is 12. The van der Waals surface area contributed by atoms with Crippen molar-refractivity contribution in [3.8, 4) is 0 Å². The largest absolute Gasteiger partial charge is 0.462 e. The highest BCUT2D eigenvalue weighted by Crippen LogP contribution is 2.09. The Balaban J connectivity index is 4.36. The van der Waals surface area contributed by atoms with Crippen LogP contribution in [0.3, 0.4) is 0 Å². The van der Waals surface area contributed by atoms with Crippen molar-refractivity contribution in [2.75, 3.05) is 13.2 Å². The molecule has 0 aliphatic heterocycles. The van der Waals surface area contributed by atoms with Gasteiger partial charge in [-0.1, -0.05) is 145 Å². The normalized spacial score (nSPS) is 12.3. The third-order valence-electron chi connectivity index (χ3n) is 7.24. The predicted molar refractivity (Wildman–Crippen MR) is 196 cm³/mol. The Labute approximate surface area is 287 Å². The van der Waals surface area contributed by atoms with E-state index in [2.05, 4.69) is 81.5 Å². The molecule has 0 aromatic carbocycles. The Bertz CT molecular complexity index is 910. The lowest BCUT2D eigenvalue weighted by Gasteiger charge is -2.18. The number of carbonyl (C=O) groups excluding carboxylic acids is 3. The molecule has 0 N–H and O–H groups in total. The first kappa shape index (κ1) is 43.9. The minimum absolute atomic E-state index is 0.108. The van der Waals surface area contributed by atoms with Crippen molar-refractivity contribution >= 4 is 17.9 Å². The first-order chi connectivity index (χ1) is 23.0. The lowest BCUT2D eigenvalue weighted by Crippen LogP contribution is -2.30. The highest BCUT2D eigenvalue weighted by atomic mass is 16.6. The molecule has 266 valence electrons. The molecule has 0 fully saturated rings. The maximum Gasteiger partial charge on any atom is 0.306 e. The lowest BCUT2D eigenvalue weighted by atomic mass is 10.1. The van der Waals surface area contributed by atoms with Crippen LogP contribution in [0, 0.1) is 0 Å². The van der Waals surface area contributed by atoms with Gasteiger partial charge in [-0.15, -0.1) is 0 Å². The minimum Gasteiger partial charge on any atom is -0.462 e. The summed E-state index contributed by atoms with van der Waals surface area (Å²) in [6.45, 7) is 6.23. The Morgan fingerprint density at radius 3 is 1.23 bits per heavy atom. The van der Waals surface area contributed by atoms with E-state index in [1.165, 1.54) is 0 Å². The van der Waals surface area contributed by atoms with Crippen LogP contribution in [0.1, 0.15) is 149 Å². The molecule has 0 unspecified atom stereocenters. The number of ether oxygens (including phenoxy) is 3. The highest BCUT2D eigenvalue weighted by molar-refractivity contribution is 5.71. The molecule has 0 atom stereocenters. The molecular weight excluding hydrogens is 588 g/mol. The average molecular weight is 655 g/mol. The standard InChI is InChI=1S/C41H66O6/c1-4-7-10-13-14-15-16-17-18-19-20-21-22-23-24-25-26-29-32-35-41(44)47-38(36-45-39(42)33-30-27-11-8-5-2)37-46-40(43)34-31-28-12-9-6-3/h7,10,14-15,17-18,20-21,23-24,26,29,38H,4-6,8-9,11-13,16,19,22,25,27-28,30-37H2,1-3H3/b10-7-,15-14-,18-17-,21-20-,24-23-,29-26-. The van der Waals surface area contributed by atoms with Gasteiger partial charge in [-0.3, -0.25) is 14.4 Å². The molecule has 0 saturated carbocycles. The second-order valence-electron chi connectivity index (χ2n) is 11.8. The highest BCUT2D eigenvalue weighted by Gasteiger charge is 2.19. The van der Waals surface area contributed by atoms with E-state index < -0.39 is 12.1 Å². The fourth-order valence-electron chi connectivity index (χ4n) is 4.46. The monoisotopic (exact) mass is 654 g/mol. The molecule has 0 spiro atoms. The average Bonchev–Trinajstić information content (AvgIpc) is 3.06. The summed E-state index contributed by atoms with van der Waals surface area (Å²) in [7, 11) is 0. The van der Waals surface area contributed by atoms with Crippen molar-refractivity contribution in [3.05, 3.63) is 72.9 Å². The van der Waals surface area contributed by atoms with E-state index in [0.717, 1.165) is 103 Å². The number of carbonyl (C=O) groups is 3. The van der Waals surface area contributed by atoms with E-state index in [-0.39, 0.29) is 31.6 Å². The summed E-state index contributed by atoms with van der Waals surface area (Å²) in [4.78, 5) is 36.9. The van der Waals surface area contributed by atoms with Crippen molar-refractivity contribution in [1.82, 2.24) is 0 Å². The van der Waals surface area contributed by atoms with E-state index in [9.17, 15) is 14.4 Å². The van der Waals surface area contributed by atoms with E-state index in [4.69, 9.17) is 14.2 Å². The van der Waals surface area contributed by atoms with Gasteiger partial charge in [0.15, 0.2) is 6.10 Å². The van der Waals surface area contributed by atoms with E-state index in [1.54, 1.807) is 0 Å². The zero-order valence-electron chi connectivity index (χ0n) is 30.0. The van der Waals surface area contributed by atoms with Crippen LogP contribution < -0.4 is 0 Å². The molecule has 0 bridgehead atoms. The Morgan fingerprint density at radius 1 is 0.447 bits per heavy atom. The molecule has 0 radical (unpaired) electrons. The molecule has 6 heteroatoms. The van der Waals surface area contributed by atoms with Crippen LogP contribution in [0.2, 0.25) is 0 Å². The molecule has 0 aromatic rings. The molecule has 0 heterocycles. The number of hydrogen-bond donors (Lipinski definition) is 0. The first-order valence-electron chi connectivity index (χ1n) is 18.4. The molecule has 47 heavy (non-hydrogen) atoms. The number of unbranched alkanes of at least 4 members (excludes halogenated alkanes) is 8. The van der Waals surface area contributed by atoms with Crippen molar-refractivity contribution in [1.29, 1.82) is 0 Å². The van der Waals surface area contributed by atoms with Gasteiger partial charge in [-0.25, -0.2) is 0 Å². The smallest absolute Gasteiger partial charge is 0.306 e. The summed E-state index contributed by atoms with van der Waals surface area (Å²) >= 11 is 0. The van der Waals surface area contributed by atoms with Crippen LogP contribution in [0.25, 0.3) is 0 Å². The molecule has 0 aliphatic carbocycles. The van der Waals surface area contributed by atoms with E-state index in [1.807, 2.05) is 12.2 Å². The lowest BCUT2D eigenvalue weighted by molar-refractivity contribution is -0.166. The second-order valence-corrected chi connectivity index (χ2v) is 11.8. The summed E-state index contributed by atoms with van der Waals surface area (Å²) < 4.78 is 16.3. The molecule has 0 aromatic heterocycles. The van der Waals surface area contributed by atoms with Gasteiger partial charge in [0.05, 0.1) is 0 Å². The molecule has 0 aliphatic rings. The second kappa shape index (κ2) is 35.7. The summed E-state index contributed by atoms with van der Waals surface area (Å²) in [5.74, 6) is -1.04. The summed E-state index contributed by atoms with van der Waals surface area (Å²) in [5, 5.41) is 0. The van der Waals surface area contributed by atoms with Crippen molar-refractivity contribution < 1.29 is 28.6 Å². The SMILES string of the molecule is CC/C=C\C/C=C\C/C=C\C/C=C\C/C=C\C/C=C\CCC(=O)OC(COC(=O)CCCCCCC)COC(=O)CCCCCCC. The Hall–Kier alpha value is -3.15. The van der Waals surface area contributed by atoms with Gasteiger partial charge in [-0.2, -0.15) is 0 Å². The number of esters is 3. The van der Waals surface area contributed by atoms with Gasteiger partial charge in [0.2, 0.25) is 0 Å². The van der Waals surface area contributed by atoms with E-state index in [0.29, 0.717) is 19.3 Å². The van der Waals surface area contributed by atoms with Crippen molar-refractivity contribution in [2.45, 2.75) is 155 Å². The van der Waals surface area contributed by atoms with Gasteiger partial charge >= 0.3 is 17.9 Å². The van der Waals surface area contributed by atoms with E-state index >= 15 is 0 Å². The fourth-order valence-corrected chi connectivity index (χ4v) is 4.46. The summed E-state index contributed by atoms with van der Waals surface area (Å²) in [6, 6.07) is 0. The van der Waals surface area contributed by atoms with Gasteiger partial charge in [0, 0.05) is 19.3 Å². The van der Waals surface area contributed by atoms with Crippen LogP contribution in [-0.2, 0) is 28.6 Å². The molecule has 0 saturated heterocycles. The van der Waals surface area contributed by atoms with Crippen molar-refractivity contribution in [3.63, 3.8) is 0 Å². The number of hydrogen-bond acceptors (Lipinski definition) is 6. The van der Waals surface area contributed by atoms with Crippen LogP contribution in [0.5, 0.6) is 0 Å². The molecule has 6 nitrogen and oxygen atoms in total. The van der Waals surface area contributed by atoms with Crippen LogP contribution >= 0.6 is 0 Å². The topological polar surface area (TPSA) is 78.9 Å². The van der Waals surface area contributed by atoms with Crippen molar-refractivity contribution in [2.24, 2.45) is 0 Å². The first-order valence-corrected chi connectivity index (χ1v) is 18.4. The fraction of sp³-hybridized carbons (Fsp3) is 0.634. The maximum absolute atomic E-state index is 12.5. The van der Waals surface area contributed by atoms with Crippen LogP contribution in [0.4, 0.5) is 0 Å². The maximum atomic E-state index is 12.5. The zero-order valence-corrected chi connectivity index (χ0v) is 30.0. The van der Waals surface area contributed by atoms with Gasteiger partial charge in [0.25, 0.3) is 0 Å². The summed E-state index contributed by atoms with van der Waals surface area (Å²) in [6.07, 6.45) is 42.5. The Kier molecular flexibility index (Phi) is 33.3. The van der Waals surface area contributed by atoms with Gasteiger partial charge < -0.3 is 14.2 Å². The third-order valence-corrected chi connectivity index (χ3v) is 7.24. The quantitative estimate of drug-likeness (QED) is 0.0320. The van der Waals surface area contributed by atoms with Crippen LogP contribution in [0.15, 0.2) is 72.9 Å². The Morgan fingerprint density at radius 2 is 0.830 bits per heavy atom. The summed E-state index contributed by atoms with van der Waals surface area (Å²) in [5.41, 5.74) is 0. The van der Waals surface area contributed by atoms with Gasteiger partial charge in [0.1, 0.15) is 13.2 Å². The zero-order chi connectivity index (χ0) is 34.5. The van der Waals surface area contributed by atoms with Crippen LogP contribution in [-0.4, -0.2) is 37.2 Å². The molecule has 0 amide bonds.